The zero-order chi connectivity index (χ0) is 23.4. The number of anilines is 2. The molecule has 33 heavy (non-hydrogen) atoms. The molecule has 3 heterocycles. The van der Waals surface area contributed by atoms with Crippen LogP contribution in [0.2, 0.25) is 0 Å². The number of nitrogens with one attached hydrogen (secondary N) is 2. The Hall–Kier alpha value is -3.69. The first-order valence-corrected chi connectivity index (χ1v) is 11.8. The van der Waals surface area contributed by atoms with E-state index in [1.165, 1.54) is 28.9 Å². The quantitative estimate of drug-likeness (QED) is 0.313. The van der Waals surface area contributed by atoms with Gasteiger partial charge in [-0.05, 0) is 55.1 Å². The summed E-state index contributed by atoms with van der Waals surface area (Å²) in [6.07, 6.45) is 1.41. The molecular formula is C24H20N2O5S2. The van der Waals surface area contributed by atoms with Crippen molar-refractivity contribution in [1.82, 2.24) is 0 Å². The molecule has 9 heteroatoms. The maximum absolute atomic E-state index is 13.0. The lowest BCUT2D eigenvalue weighted by atomic mass is 10.1. The van der Waals surface area contributed by atoms with Crippen LogP contribution in [0.5, 0.6) is 0 Å². The molecule has 2 amide bonds. The lowest BCUT2D eigenvalue weighted by Gasteiger charge is -2.11. The van der Waals surface area contributed by atoms with Crippen molar-refractivity contribution in [3.05, 3.63) is 81.9 Å². The number of benzene rings is 1. The Balaban J connectivity index is 1.60. The average Bonchev–Trinajstić information content (AvgIpc) is 3.56. The van der Waals surface area contributed by atoms with Gasteiger partial charge >= 0.3 is 5.97 Å². The lowest BCUT2D eigenvalue weighted by molar-refractivity contribution is 0.0529. The van der Waals surface area contributed by atoms with Crippen LogP contribution in [0.1, 0.15) is 43.8 Å². The summed E-state index contributed by atoms with van der Waals surface area (Å²) in [5.41, 5.74) is 2.65. The smallest absolute Gasteiger partial charge is 0.341 e. The number of aryl methyl sites for hydroxylation is 1. The Labute approximate surface area is 198 Å². The van der Waals surface area contributed by atoms with E-state index in [-0.39, 0.29) is 12.4 Å². The van der Waals surface area contributed by atoms with Gasteiger partial charge in [-0.25, -0.2) is 4.79 Å². The number of hydrogen-bond acceptors (Lipinski definition) is 7. The number of carbonyl (C=O) groups excluding carboxylic acids is 3. The molecule has 7 nitrogen and oxygen atoms in total. The second kappa shape index (κ2) is 9.85. The van der Waals surface area contributed by atoms with E-state index in [0.29, 0.717) is 21.8 Å². The molecule has 0 unspecified atom stereocenters. The zero-order valence-corrected chi connectivity index (χ0v) is 19.5. The Morgan fingerprint density at radius 2 is 1.88 bits per heavy atom. The fourth-order valence-corrected chi connectivity index (χ4v) is 4.90. The first kappa shape index (κ1) is 22.5. The standard InChI is InChI=1S/C24H20N2O5S2/c1-3-30-24(29)20-16(19-7-5-11-32-19)13-33-23(20)26-21(27)15-9-8-14(2)17(12-15)25-22(28)18-6-4-10-31-18/h4-13H,3H2,1-2H3,(H,25,28)(H,26,27). The lowest BCUT2D eigenvalue weighted by Crippen LogP contribution is -2.16. The SMILES string of the molecule is CCOC(=O)c1c(-c2cccs2)csc1NC(=O)c1ccc(C)c(NC(=O)c2ccco2)c1. The second-order valence-electron chi connectivity index (χ2n) is 6.97. The minimum atomic E-state index is -0.493. The van der Waals surface area contributed by atoms with E-state index in [0.717, 1.165) is 16.0 Å². The summed E-state index contributed by atoms with van der Waals surface area (Å²) in [4.78, 5) is 39.0. The van der Waals surface area contributed by atoms with E-state index in [1.54, 1.807) is 37.3 Å². The number of amides is 2. The van der Waals surface area contributed by atoms with E-state index in [1.807, 2.05) is 29.8 Å². The van der Waals surface area contributed by atoms with Gasteiger partial charge in [0.15, 0.2) is 5.76 Å². The topological polar surface area (TPSA) is 97.6 Å². The van der Waals surface area contributed by atoms with Crippen molar-refractivity contribution >= 4 is 51.1 Å². The molecule has 0 bridgehead atoms. The van der Waals surface area contributed by atoms with Gasteiger partial charge in [0.25, 0.3) is 11.8 Å². The number of carbonyl (C=O) groups is 3. The molecule has 2 N–H and O–H groups in total. The Morgan fingerprint density at radius 1 is 1.03 bits per heavy atom. The monoisotopic (exact) mass is 480 g/mol. The third-order valence-electron chi connectivity index (χ3n) is 4.78. The van der Waals surface area contributed by atoms with Crippen LogP contribution < -0.4 is 10.6 Å². The summed E-state index contributed by atoms with van der Waals surface area (Å²) < 4.78 is 10.4. The predicted octanol–water partition coefficient (Wildman–Crippen LogP) is 6.06. The summed E-state index contributed by atoms with van der Waals surface area (Å²) in [6.45, 7) is 3.78. The van der Waals surface area contributed by atoms with Gasteiger partial charge in [0.2, 0.25) is 0 Å². The van der Waals surface area contributed by atoms with Gasteiger partial charge in [-0.3, -0.25) is 9.59 Å². The van der Waals surface area contributed by atoms with Crippen LogP contribution in [0.15, 0.2) is 63.9 Å². The largest absolute Gasteiger partial charge is 0.462 e. The molecule has 0 spiro atoms. The maximum Gasteiger partial charge on any atom is 0.341 e. The molecule has 0 fully saturated rings. The van der Waals surface area contributed by atoms with Gasteiger partial charge in [-0.2, -0.15) is 0 Å². The molecule has 0 aliphatic heterocycles. The van der Waals surface area contributed by atoms with Crippen molar-refractivity contribution in [2.45, 2.75) is 13.8 Å². The van der Waals surface area contributed by atoms with Crippen molar-refractivity contribution in [3.8, 4) is 10.4 Å². The molecule has 4 aromatic rings. The van der Waals surface area contributed by atoms with Crippen LogP contribution >= 0.6 is 22.7 Å². The average molecular weight is 481 g/mol. The number of ether oxygens (including phenoxy) is 1. The zero-order valence-electron chi connectivity index (χ0n) is 17.8. The fraction of sp³-hybridized carbons (Fsp3) is 0.125. The number of furan rings is 1. The molecule has 168 valence electrons. The van der Waals surface area contributed by atoms with Crippen LogP contribution in [0.25, 0.3) is 10.4 Å². The van der Waals surface area contributed by atoms with E-state index in [4.69, 9.17) is 9.15 Å². The number of hydrogen-bond donors (Lipinski definition) is 2. The van der Waals surface area contributed by atoms with Gasteiger partial charge in [0.1, 0.15) is 10.6 Å². The third-order valence-corrected chi connectivity index (χ3v) is 6.58. The highest BCUT2D eigenvalue weighted by Gasteiger charge is 2.24. The molecule has 0 atom stereocenters. The minimum absolute atomic E-state index is 0.169. The van der Waals surface area contributed by atoms with Crippen molar-refractivity contribution in [2.24, 2.45) is 0 Å². The van der Waals surface area contributed by atoms with Gasteiger partial charge < -0.3 is 19.8 Å². The highest BCUT2D eigenvalue weighted by atomic mass is 32.1. The van der Waals surface area contributed by atoms with Gasteiger partial charge in [-0.15, -0.1) is 22.7 Å². The van der Waals surface area contributed by atoms with Gasteiger partial charge in [0.05, 0.1) is 12.9 Å². The number of thiophene rings is 2. The molecule has 4 rings (SSSR count). The van der Waals surface area contributed by atoms with E-state index in [9.17, 15) is 14.4 Å². The Kier molecular flexibility index (Phi) is 6.71. The molecule has 3 aromatic heterocycles. The van der Waals surface area contributed by atoms with Crippen LogP contribution in [-0.2, 0) is 4.74 Å². The van der Waals surface area contributed by atoms with Crippen LogP contribution in [0.4, 0.5) is 10.7 Å². The molecule has 0 saturated carbocycles. The van der Waals surface area contributed by atoms with Crippen LogP contribution in [-0.4, -0.2) is 24.4 Å². The van der Waals surface area contributed by atoms with Crippen LogP contribution in [0.3, 0.4) is 0 Å². The number of esters is 1. The molecule has 0 aliphatic carbocycles. The van der Waals surface area contributed by atoms with Crippen molar-refractivity contribution in [3.63, 3.8) is 0 Å². The minimum Gasteiger partial charge on any atom is -0.462 e. The molecular weight excluding hydrogens is 460 g/mol. The van der Waals surface area contributed by atoms with E-state index in [2.05, 4.69) is 10.6 Å². The van der Waals surface area contributed by atoms with E-state index < -0.39 is 17.8 Å². The number of rotatable bonds is 7. The Bertz CT molecular complexity index is 1290. The molecule has 1 aromatic carbocycles. The second-order valence-corrected chi connectivity index (χ2v) is 8.79. The Morgan fingerprint density at radius 3 is 2.58 bits per heavy atom. The third kappa shape index (κ3) is 4.89. The predicted molar refractivity (Wildman–Crippen MR) is 129 cm³/mol. The van der Waals surface area contributed by atoms with E-state index >= 15 is 0 Å². The summed E-state index contributed by atoms with van der Waals surface area (Å²) in [5, 5.41) is 9.75. The van der Waals surface area contributed by atoms with Gasteiger partial charge in [0, 0.05) is 27.1 Å². The normalized spacial score (nSPS) is 10.6. The fourth-order valence-electron chi connectivity index (χ4n) is 3.13. The molecule has 0 saturated heterocycles. The molecule has 0 radical (unpaired) electrons. The van der Waals surface area contributed by atoms with Crippen molar-refractivity contribution in [1.29, 1.82) is 0 Å². The molecule has 0 aliphatic rings. The highest BCUT2D eigenvalue weighted by molar-refractivity contribution is 7.17. The summed E-state index contributed by atoms with van der Waals surface area (Å²) in [6, 6.07) is 12.0. The van der Waals surface area contributed by atoms with Crippen molar-refractivity contribution < 1.29 is 23.5 Å². The first-order valence-electron chi connectivity index (χ1n) is 10.1. The summed E-state index contributed by atoms with van der Waals surface area (Å²) in [5.74, 6) is -1.14. The van der Waals surface area contributed by atoms with Gasteiger partial charge in [-0.1, -0.05) is 12.1 Å². The van der Waals surface area contributed by atoms with Crippen LogP contribution in [0, 0.1) is 6.92 Å². The van der Waals surface area contributed by atoms with Crippen molar-refractivity contribution in [2.75, 3.05) is 17.2 Å². The summed E-state index contributed by atoms with van der Waals surface area (Å²) in [7, 11) is 0. The summed E-state index contributed by atoms with van der Waals surface area (Å²) >= 11 is 2.76. The first-order chi connectivity index (χ1) is 16.0. The highest BCUT2D eigenvalue weighted by Crippen LogP contribution is 2.38. The maximum atomic E-state index is 13.0.